The van der Waals surface area contributed by atoms with Crippen LogP contribution in [0.15, 0.2) is 47.7 Å². The Morgan fingerprint density at radius 2 is 1.94 bits per heavy atom. The van der Waals surface area contributed by atoms with Crippen LogP contribution in [0.4, 0.5) is 5.95 Å². The van der Waals surface area contributed by atoms with Crippen LogP contribution in [0.1, 0.15) is 19.0 Å². The molecule has 2 aliphatic rings. The first-order valence-electron chi connectivity index (χ1n) is 12.5. The Morgan fingerprint density at radius 1 is 1.11 bits per heavy atom. The summed E-state index contributed by atoms with van der Waals surface area (Å²) in [5, 5.41) is 7.91. The minimum absolute atomic E-state index is 0.0856. The number of rotatable bonds is 7. The molecule has 4 heterocycles. The van der Waals surface area contributed by atoms with Crippen molar-refractivity contribution in [1.29, 1.82) is 0 Å². The van der Waals surface area contributed by atoms with E-state index < -0.39 is 0 Å². The van der Waals surface area contributed by atoms with Gasteiger partial charge in [-0.15, -0.1) is 0 Å². The van der Waals surface area contributed by atoms with Crippen LogP contribution in [0.3, 0.4) is 0 Å². The lowest BCUT2D eigenvalue weighted by molar-refractivity contribution is 0.511. The summed E-state index contributed by atoms with van der Waals surface area (Å²) in [6.45, 7) is 7.41. The fourth-order valence-electron chi connectivity index (χ4n) is 5.55. The summed E-state index contributed by atoms with van der Waals surface area (Å²) in [6.07, 6.45) is 6.17. The summed E-state index contributed by atoms with van der Waals surface area (Å²) in [6, 6.07) is 7.52. The molecule has 3 aromatic heterocycles. The predicted octanol–water partition coefficient (Wildman–Crippen LogP) is 4.16. The van der Waals surface area contributed by atoms with Gasteiger partial charge in [-0.2, -0.15) is 4.98 Å². The molecule has 4 aromatic rings. The second-order valence-electron chi connectivity index (χ2n) is 9.70. The number of pyridine rings is 1. The predicted molar refractivity (Wildman–Crippen MR) is 142 cm³/mol. The van der Waals surface area contributed by atoms with Gasteiger partial charge >= 0.3 is 0 Å². The molecule has 2 fully saturated rings. The van der Waals surface area contributed by atoms with E-state index in [2.05, 4.69) is 25.6 Å². The standard InChI is InChI=1S/C27H28ClN7O/c1-3-31-27-32-11-17-8-20(19-5-4-16(9-23(19)28)24-14-29-10-15(2)33-24)26(36)35(25(17)34-27)7-6-18-21-12-30-13-22(18)21/h4-5,8-11,14,18,21-22,30H,3,6-7,12-13H2,1-2H3,(H,31,32,34)/t18-,21-,22+. The summed E-state index contributed by atoms with van der Waals surface area (Å²) >= 11 is 6.75. The van der Waals surface area contributed by atoms with Crippen molar-refractivity contribution in [2.45, 2.75) is 26.8 Å². The average Bonchev–Trinajstić information content (AvgIpc) is 3.29. The number of halogens is 1. The van der Waals surface area contributed by atoms with Gasteiger partial charge < -0.3 is 10.6 Å². The molecule has 184 valence electrons. The van der Waals surface area contributed by atoms with Crippen molar-refractivity contribution < 1.29 is 0 Å². The van der Waals surface area contributed by atoms with Gasteiger partial charge in [0.25, 0.3) is 5.56 Å². The zero-order valence-electron chi connectivity index (χ0n) is 20.3. The number of benzene rings is 1. The molecule has 1 saturated carbocycles. The molecule has 0 spiro atoms. The largest absolute Gasteiger partial charge is 0.354 e. The van der Waals surface area contributed by atoms with Gasteiger partial charge in [0, 0.05) is 52.6 Å². The number of anilines is 1. The molecule has 6 rings (SSSR count). The highest BCUT2D eigenvalue weighted by atomic mass is 35.5. The minimum Gasteiger partial charge on any atom is -0.354 e. The van der Waals surface area contributed by atoms with E-state index in [9.17, 15) is 4.79 Å². The molecule has 0 unspecified atom stereocenters. The number of fused-ring (bicyclic) bond motifs is 2. The van der Waals surface area contributed by atoms with Crippen molar-refractivity contribution in [3.05, 3.63) is 63.9 Å². The van der Waals surface area contributed by atoms with Crippen molar-refractivity contribution in [3.8, 4) is 22.4 Å². The molecule has 0 amide bonds. The molecule has 3 atom stereocenters. The SMILES string of the molecule is CCNc1ncc2cc(-c3ccc(-c4cncc(C)n4)cc3Cl)c(=O)n(CC[C@@H]3[C@H]4CNC[C@@H]34)c2n1. The number of nitrogens with zero attached hydrogens (tertiary/aromatic N) is 5. The van der Waals surface area contributed by atoms with Crippen molar-refractivity contribution in [1.82, 2.24) is 29.8 Å². The topological polar surface area (TPSA) is 97.6 Å². The number of piperidine rings is 1. The highest BCUT2D eigenvalue weighted by Gasteiger charge is 2.51. The van der Waals surface area contributed by atoms with Crippen molar-refractivity contribution in [2.24, 2.45) is 17.8 Å². The smallest absolute Gasteiger partial charge is 0.260 e. The van der Waals surface area contributed by atoms with E-state index in [-0.39, 0.29) is 5.56 Å². The molecule has 1 aliphatic heterocycles. The zero-order chi connectivity index (χ0) is 24.8. The lowest BCUT2D eigenvalue weighted by Crippen LogP contribution is -2.24. The fourth-order valence-corrected chi connectivity index (χ4v) is 5.83. The highest BCUT2D eigenvalue weighted by Crippen LogP contribution is 2.50. The van der Waals surface area contributed by atoms with Crippen LogP contribution in [0.2, 0.25) is 5.02 Å². The summed E-state index contributed by atoms with van der Waals surface area (Å²) in [4.78, 5) is 31.8. The first-order chi connectivity index (χ1) is 17.5. The highest BCUT2D eigenvalue weighted by molar-refractivity contribution is 6.33. The number of aromatic nitrogens is 5. The second-order valence-corrected chi connectivity index (χ2v) is 10.1. The molecular weight excluding hydrogens is 474 g/mol. The summed E-state index contributed by atoms with van der Waals surface area (Å²) < 4.78 is 1.81. The second kappa shape index (κ2) is 9.26. The van der Waals surface area contributed by atoms with Crippen molar-refractivity contribution in [2.75, 3.05) is 25.0 Å². The van der Waals surface area contributed by atoms with Crippen LogP contribution in [0.25, 0.3) is 33.4 Å². The van der Waals surface area contributed by atoms with E-state index in [1.807, 2.05) is 42.7 Å². The van der Waals surface area contributed by atoms with Gasteiger partial charge in [-0.25, -0.2) is 9.97 Å². The van der Waals surface area contributed by atoms with E-state index in [1.54, 1.807) is 18.6 Å². The van der Waals surface area contributed by atoms with Gasteiger partial charge in [-0.05, 0) is 63.2 Å². The van der Waals surface area contributed by atoms with Crippen molar-refractivity contribution in [3.63, 3.8) is 0 Å². The normalized spacial score (nSPS) is 20.5. The molecule has 0 radical (unpaired) electrons. The van der Waals surface area contributed by atoms with Gasteiger partial charge in [0.1, 0.15) is 5.65 Å². The first kappa shape index (κ1) is 23.1. The Balaban J connectivity index is 1.41. The fraction of sp³-hybridized carbons (Fsp3) is 0.370. The third kappa shape index (κ3) is 4.14. The first-order valence-corrected chi connectivity index (χ1v) is 12.9. The molecule has 1 saturated heterocycles. The van der Waals surface area contributed by atoms with E-state index in [4.69, 9.17) is 16.6 Å². The average molecular weight is 502 g/mol. The maximum absolute atomic E-state index is 13.9. The van der Waals surface area contributed by atoms with Crippen LogP contribution in [-0.2, 0) is 6.54 Å². The van der Waals surface area contributed by atoms with Crippen LogP contribution in [0.5, 0.6) is 0 Å². The molecule has 0 bridgehead atoms. The number of hydrogen-bond donors (Lipinski definition) is 2. The third-order valence-corrected chi connectivity index (χ3v) is 7.74. The Bertz CT molecular complexity index is 1510. The van der Waals surface area contributed by atoms with Gasteiger partial charge in [-0.1, -0.05) is 23.7 Å². The maximum Gasteiger partial charge on any atom is 0.260 e. The van der Waals surface area contributed by atoms with Crippen LogP contribution in [-0.4, -0.2) is 44.1 Å². The van der Waals surface area contributed by atoms with E-state index in [1.165, 1.54) is 0 Å². The Morgan fingerprint density at radius 3 is 2.69 bits per heavy atom. The van der Waals surface area contributed by atoms with E-state index >= 15 is 0 Å². The number of nitrogens with one attached hydrogen (secondary N) is 2. The quantitative estimate of drug-likeness (QED) is 0.392. The van der Waals surface area contributed by atoms with Gasteiger partial charge in [0.2, 0.25) is 5.95 Å². The Labute approximate surface area is 214 Å². The van der Waals surface area contributed by atoms with Gasteiger partial charge in [0.15, 0.2) is 0 Å². The molecule has 1 aromatic carbocycles. The third-order valence-electron chi connectivity index (χ3n) is 7.43. The Kier molecular flexibility index (Phi) is 5.93. The molecule has 1 aliphatic carbocycles. The molecule has 36 heavy (non-hydrogen) atoms. The maximum atomic E-state index is 13.9. The molecule has 9 heteroatoms. The molecule has 8 nitrogen and oxygen atoms in total. The monoisotopic (exact) mass is 501 g/mol. The minimum atomic E-state index is -0.0856. The van der Waals surface area contributed by atoms with Crippen molar-refractivity contribution >= 4 is 28.6 Å². The van der Waals surface area contributed by atoms with Gasteiger partial charge in [0.05, 0.1) is 17.6 Å². The zero-order valence-corrected chi connectivity index (χ0v) is 21.1. The number of hydrogen-bond acceptors (Lipinski definition) is 7. The molecular formula is C27H28ClN7O. The summed E-state index contributed by atoms with van der Waals surface area (Å²) in [7, 11) is 0. The number of aryl methyl sites for hydroxylation is 2. The van der Waals surface area contributed by atoms with Crippen LogP contribution >= 0.6 is 11.6 Å². The van der Waals surface area contributed by atoms with Crippen LogP contribution < -0.4 is 16.2 Å². The lowest BCUT2D eigenvalue weighted by Gasteiger charge is -2.15. The van der Waals surface area contributed by atoms with E-state index in [0.29, 0.717) is 46.8 Å². The Hall–Kier alpha value is -3.36. The van der Waals surface area contributed by atoms with E-state index in [0.717, 1.165) is 53.7 Å². The summed E-state index contributed by atoms with van der Waals surface area (Å²) in [5.41, 5.74) is 4.23. The summed E-state index contributed by atoms with van der Waals surface area (Å²) in [5.74, 6) is 2.69. The lowest BCUT2D eigenvalue weighted by atomic mass is 10.0. The van der Waals surface area contributed by atoms with Crippen LogP contribution in [0, 0.1) is 24.7 Å². The molecule has 2 N–H and O–H groups in total. The van der Waals surface area contributed by atoms with Gasteiger partial charge in [-0.3, -0.25) is 14.3 Å².